The number of hydrogen-bond acceptors (Lipinski definition) is 8. The van der Waals surface area contributed by atoms with Crippen LogP contribution in [0, 0.1) is 0 Å². The number of carboxylic acids is 1. The lowest BCUT2D eigenvalue weighted by molar-refractivity contribution is -0.192. The van der Waals surface area contributed by atoms with E-state index < -0.39 is 12.1 Å². The summed E-state index contributed by atoms with van der Waals surface area (Å²) in [5, 5.41) is 17.1. The summed E-state index contributed by atoms with van der Waals surface area (Å²) < 4.78 is 31.7. The topological polar surface area (TPSA) is 132 Å². The van der Waals surface area contributed by atoms with E-state index in [2.05, 4.69) is 51.2 Å². The second kappa shape index (κ2) is 13.0. The van der Waals surface area contributed by atoms with Crippen LogP contribution in [0.1, 0.15) is 62.3 Å². The Bertz CT molecular complexity index is 1120. The number of amides is 1. The van der Waals surface area contributed by atoms with Crippen molar-refractivity contribution in [2.75, 3.05) is 30.3 Å². The predicted octanol–water partition coefficient (Wildman–Crippen LogP) is 3.54. The summed E-state index contributed by atoms with van der Waals surface area (Å²) >= 11 is 0. The normalized spacial score (nSPS) is 22.1. The SMILES string of the molecule is O=C(O)C(F)(F)F.O=C1CCC(Nc2nc(N[C@@H]3CCCN(Cc4ccccc4)C3)nc(C3CC3)n2)CCN1. The predicted molar refractivity (Wildman–Crippen MR) is 138 cm³/mol. The van der Waals surface area contributed by atoms with Gasteiger partial charge in [-0.05, 0) is 50.6 Å². The summed E-state index contributed by atoms with van der Waals surface area (Å²) in [6, 6.07) is 11.2. The zero-order chi connectivity index (χ0) is 27.8. The number of hydrogen-bond donors (Lipinski definition) is 4. The van der Waals surface area contributed by atoms with Crippen molar-refractivity contribution in [1.82, 2.24) is 25.2 Å². The average molecular weight is 550 g/mol. The Morgan fingerprint density at radius 1 is 1.00 bits per heavy atom. The summed E-state index contributed by atoms with van der Waals surface area (Å²) in [4.78, 5) is 37.3. The quantitative estimate of drug-likeness (QED) is 0.409. The highest BCUT2D eigenvalue weighted by Crippen LogP contribution is 2.38. The first-order valence-electron chi connectivity index (χ1n) is 13.3. The summed E-state index contributed by atoms with van der Waals surface area (Å²) in [5.41, 5.74) is 1.35. The monoisotopic (exact) mass is 549 g/mol. The van der Waals surface area contributed by atoms with E-state index in [9.17, 15) is 18.0 Å². The summed E-state index contributed by atoms with van der Waals surface area (Å²) in [6.45, 7) is 3.78. The van der Waals surface area contributed by atoms with E-state index in [1.807, 2.05) is 0 Å². The molecule has 1 aromatic carbocycles. The molecule has 5 rings (SSSR count). The first kappa shape index (κ1) is 28.5. The number of anilines is 2. The van der Waals surface area contributed by atoms with Gasteiger partial charge in [-0.25, -0.2) is 4.79 Å². The third-order valence-corrected chi connectivity index (χ3v) is 6.79. The van der Waals surface area contributed by atoms with Crippen molar-refractivity contribution < 1.29 is 27.9 Å². The number of nitrogens with zero attached hydrogens (tertiary/aromatic N) is 4. The first-order chi connectivity index (χ1) is 18.7. The lowest BCUT2D eigenvalue weighted by atomic mass is 10.0. The zero-order valence-corrected chi connectivity index (χ0v) is 21.6. The van der Waals surface area contributed by atoms with E-state index in [4.69, 9.17) is 24.9 Å². The third kappa shape index (κ3) is 9.34. The standard InChI is InChI=1S/C24H33N7O.C2HF3O2/c32-21-11-10-19(12-13-25-21)26-23-28-22(18-8-9-18)29-24(30-23)27-20-7-4-14-31(16-20)15-17-5-2-1-3-6-17;3-2(4,5)1(6)7/h1-3,5-6,18-20H,4,7-16H2,(H,25,32)(H2,26,27,28,29,30);(H,6,7)/t19?,20-;/m1./s1. The molecule has 1 aromatic heterocycles. The molecule has 1 aliphatic carbocycles. The van der Waals surface area contributed by atoms with E-state index >= 15 is 0 Å². The number of likely N-dealkylation sites (tertiary alicyclic amines) is 1. The highest BCUT2D eigenvalue weighted by atomic mass is 19.4. The van der Waals surface area contributed by atoms with Crippen LogP contribution in [0.15, 0.2) is 30.3 Å². The molecule has 2 aromatic rings. The van der Waals surface area contributed by atoms with E-state index in [0.29, 0.717) is 36.8 Å². The molecule has 1 unspecified atom stereocenters. The maximum atomic E-state index is 11.7. The van der Waals surface area contributed by atoms with Gasteiger partial charge >= 0.3 is 12.1 Å². The number of halogens is 3. The van der Waals surface area contributed by atoms with Crippen LogP contribution in [-0.2, 0) is 16.1 Å². The van der Waals surface area contributed by atoms with Gasteiger partial charge in [0.05, 0.1) is 0 Å². The maximum Gasteiger partial charge on any atom is 0.490 e. The van der Waals surface area contributed by atoms with Crippen molar-refractivity contribution >= 4 is 23.8 Å². The highest BCUT2D eigenvalue weighted by Gasteiger charge is 2.38. The fourth-order valence-corrected chi connectivity index (χ4v) is 4.64. The number of carbonyl (C=O) groups excluding carboxylic acids is 1. The zero-order valence-electron chi connectivity index (χ0n) is 21.6. The van der Waals surface area contributed by atoms with Crippen molar-refractivity contribution in [3.05, 3.63) is 41.7 Å². The van der Waals surface area contributed by atoms with Crippen LogP contribution in [0.3, 0.4) is 0 Å². The second-order valence-electron chi connectivity index (χ2n) is 10.1. The van der Waals surface area contributed by atoms with Crippen LogP contribution in [0.5, 0.6) is 0 Å². The van der Waals surface area contributed by atoms with E-state index in [0.717, 1.165) is 57.6 Å². The van der Waals surface area contributed by atoms with Crippen molar-refractivity contribution in [3.8, 4) is 0 Å². The first-order valence-corrected chi connectivity index (χ1v) is 13.3. The third-order valence-electron chi connectivity index (χ3n) is 6.79. The van der Waals surface area contributed by atoms with Crippen molar-refractivity contribution in [2.45, 2.75) is 75.7 Å². The molecule has 0 bridgehead atoms. The molecule has 3 heterocycles. The maximum absolute atomic E-state index is 11.7. The van der Waals surface area contributed by atoms with Gasteiger partial charge in [0.2, 0.25) is 17.8 Å². The Kier molecular flexibility index (Phi) is 9.54. The number of alkyl halides is 3. The Morgan fingerprint density at radius 3 is 2.31 bits per heavy atom. The number of aliphatic carboxylic acids is 1. The molecular weight excluding hydrogens is 515 g/mol. The number of rotatable bonds is 7. The molecular formula is C26H34F3N7O3. The molecule has 212 valence electrons. The Morgan fingerprint density at radius 2 is 1.67 bits per heavy atom. The molecule has 1 saturated carbocycles. The van der Waals surface area contributed by atoms with Crippen molar-refractivity contribution in [3.63, 3.8) is 0 Å². The Hall–Kier alpha value is -3.48. The lowest BCUT2D eigenvalue weighted by Crippen LogP contribution is -2.42. The largest absolute Gasteiger partial charge is 0.490 e. The van der Waals surface area contributed by atoms with Crippen LogP contribution in [0.4, 0.5) is 25.1 Å². The van der Waals surface area contributed by atoms with Gasteiger partial charge in [-0.15, -0.1) is 0 Å². The van der Waals surface area contributed by atoms with Crippen LogP contribution in [-0.4, -0.2) is 74.7 Å². The van der Waals surface area contributed by atoms with Crippen molar-refractivity contribution in [1.29, 1.82) is 0 Å². The minimum atomic E-state index is -5.08. The number of benzene rings is 1. The number of aromatic nitrogens is 3. The van der Waals surface area contributed by atoms with Gasteiger partial charge in [0.25, 0.3) is 0 Å². The molecule has 3 fully saturated rings. The van der Waals surface area contributed by atoms with Crippen LogP contribution in [0.2, 0.25) is 0 Å². The van der Waals surface area contributed by atoms with Crippen LogP contribution < -0.4 is 16.0 Å². The molecule has 2 aliphatic heterocycles. The molecule has 4 N–H and O–H groups in total. The minimum Gasteiger partial charge on any atom is -0.475 e. The summed E-state index contributed by atoms with van der Waals surface area (Å²) in [6.07, 6.45) is 1.74. The fourth-order valence-electron chi connectivity index (χ4n) is 4.64. The Labute approximate surface area is 224 Å². The number of carboxylic acid groups (broad SMARTS) is 1. The summed E-state index contributed by atoms with van der Waals surface area (Å²) in [7, 11) is 0. The smallest absolute Gasteiger partial charge is 0.475 e. The molecule has 2 saturated heterocycles. The van der Waals surface area contributed by atoms with Gasteiger partial charge in [0.1, 0.15) is 5.82 Å². The molecule has 0 radical (unpaired) electrons. The Balaban J connectivity index is 0.000000448. The molecule has 3 aliphatic rings. The van der Waals surface area contributed by atoms with Gasteiger partial charge in [-0.2, -0.15) is 28.1 Å². The van der Waals surface area contributed by atoms with Crippen LogP contribution in [0.25, 0.3) is 0 Å². The van der Waals surface area contributed by atoms with E-state index in [-0.39, 0.29) is 11.9 Å². The molecule has 0 spiro atoms. The van der Waals surface area contributed by atoms with E-state index in [1.165, 1.54) is 12.0 Å². The second-order valence-corrected chi connectivity index (χ2v) is 10.1. The number of carbonyl (C=O) groups is 2. The molecule has 13 heteroatoms. The highest BCUT2D eigenvalue weighted by molar-refractivity contribution is 5.76. The van der Waals surface area contributed by atoms with Crippen LogP contribution >= 0.6 is 0 Å². The molecule has 1 amide bonds. The van der Waals surface area contributed by atoms with Gasteiger partial charge < -0.3 is 21.1 Å². The fraction of sp³-hybridized carbons (Fsp3) is 0.577. The molecule has 39 heavy (non-hydrogen) atoms. The average Bonchev–Trinajstić information content (AvgIpc) is 3.74. The molecule has 2 atom stereocenters. The minimum absolute atomic E-state index is 0.128. The van der Waals surface area contributed by atoms with Gasteiger partial charge in [0.15, 0.2) is 0 Å². The lowest BCUT2D eigenvalue weighted by Gasteiger charge is -2.33. The summed E-state index contributed by atoms with van der Waals surface area (Å²) in [5.74, 6) is 0.0394. The van der Waals surface area contributed by atoms with Gasteiger partial charge in [-0.3, -0.25) is 9.69 Å². The van der Waals surface area contributed by atoms with Crippen molar-refractivity contribution in [2.24, 2.45) is 0 Å². The molecule has 10 nitrogen and oxygen atoms in total. The van der Waals surface area contributed by atoms with E-state index in [1.54, 1.807) is 0 Å². The number of nitrogens with one attached hydrogen (secondary N) is 3. The number of piperidine rings is 1. The van der Waals surface area contributed by atoms with Gasteiger partial charge in [0, 0.05) is 44.1 Å². The van der Waals surface area contributed by atoms with Gasteiger partial charge in [-0.1, -0.05) is 30.3 Å².